The first-order valence-corrected chi connectivity index (χ1v) is 16.3. The van der Waals surface area contributed by atoms with Gasteiger partial charge in [0.1, 0.15) is 11.4 Å². The quantitative estimate of drug-likeness (QED) is 0.331. The lowest BCUT2D eigenvalue weighted by Crippen LogP contribution is -2.62. The number of aliphatic hydroxyl groups is 2. The summed E-state index contributed by atoms with van der Waals surface area (Å²) in [5.41, 5.74) is 1.85. The normalized spacial score (nSPS) is 35.4. The monoisotopic (exact) mass is 604 g/mol. The largest absolute Gasteiger partial charge is 0.393 e. The van der Waals surface area contributed by atoms with Gasteiger partial charge in [-0.1, -0.05) is 37.3 Å². The van der Waals surface area contributed by atoms with Gasteiger partial charge in [-0.15, -0.1) is 0 Å². The third kappa shape index (κ3) is 4.79. The molecule has 2 N–H and O–H groups in total. The summed E-state index contributed by atoms with van der Waals surface area (Å²) in [6, 6.07) is 6.38. The number of fused-ring (bicyclic) bond motifs is 6. The van der Waals surface area contributed by atoms with Gasteiger partial charge in [-0.2, -0.15) is 5.10 Å². The average Bonchev–Trinajstić information content (AvgIpc) is 3.50. The molecule has 0 aliphatic heterocycles. The zero-order valence-corrected chi connectivity index (χ0v) is 26.1. The van der Waals surface area contributed by atoms with E-state index in [9.17, 15) is 19.4 Å². The Balaban J connectivity index is 1.24. The van der Waals surface area contributed by atoms with Crippen molar-refractivity contribution >= 4 is 35.0 Å². The first-order chi connectivity index (χ1) is 20.6. The molecule has 7 nitrogen and oxygen atoms in total. The smallest absolute Gasteiger partial charge is 0.183 e. The van der Waals surface area contributed by atoms with Gasteiger partial charge in [0.25, 0.3) is 0 Å². The molecule has 228 valence electrons. The molecule has 1 aromatic carbocycles. The lowest BCUT2D eigenvalue weighted by molar-refractivity contribution is -0.177. The maximum atomic E-state index is 13.7. The Morgan fingerprint density at radius 1 is 1.26 bits per heavy atom. The van der Waals surface area contributed by atoms with Crippen molar-refractivity contribution in [1.29, 1.82) is 0 Å². The van der Waals surface area contributed by atoms with Gasteiger partial charge < -0.3 is 10.2 Å². The zero-order chi connectivity index (χ0) is 30.6. The highest BCUT2D eigenvalue weighted by molar-refractivity contribution is 8.14. The Morgan fingerprint density at radius 2 is 2.02 bits per heavy atom. The van der Waals surface area contributed by atoms with Gasteiger partial charge in [0.2, 0.25) is 0 Å². The Hall–Kier alpha value is -2.88. The van der Waals surface area contributed by atoms with E-state index in [0.29, 0.717) is 18.0 Å². The molecule has 1 heterocycles. The van der Waals surface area contributed by atoms with Crippen molar-refractivity contribution in [2.24, 2.45) is 38.6 Å². The number of carbonyl (C=O) groups excluding carboxylic acids is 1. The molecule has 4 aliphatic carbocycles. The van der Waals surface area contributed by atoms with Crippen molar-refractivity contribution < 1.29 is 19.4 Å². The molecule has 0 spiro atoms. The summed E-state index contributed by atoms with van der Waals surface area (Å²) in [6.07, 6.45) is 13.0. The maximum Gasteiger partial charge on any atom is 0.183 e. The summed E-state index contributed by atoms with van der Waals surface area (Å²) in [5.74, 6) is -0.00625. The molecule has 43 heavy (non-hydrogen) atoms. The topological polar surface area (TPSA) is 100 Å². The van der Waals surface area contributed by atoms with E-state index in [-0.39, 0.29) is 40.5 Å². The van der Waals surface area contributed by atoms with Gasteiger partial charge in [0.05, 0.1) is 29.4 Å². The number of amidine groups is 1. The van der Waals surface area contributed by atoms with Crippen molar-refractivity contribution in [2.75, 3.05) is 12.8 Å². The van der Waals surface area contributed by atoms with E-state index in [2.05, 4.69) is 28.1 Å². The van der Waals surface area contributed by atoms with Gasteiger partial charge in [-0.25, -0.2) is 14.1 Å². The molecule has 0 saturated heterocycles. The van der Waals surface area contributed by atoms with E-state index < -0.39 is 17.1 Å². The number of hydrogen-bond acceptors (Lipinski definition) is 6. The molecule has 5 unspecified atom stereocenters. The zero-order valence-electron chi connectivity index (χ0n) is 25.3. The molecule has 1 aromatic heterocycles. The summed E-state index contributed by atoms with van der Waals surface area (Å²) in [7, 11) is 1.65. The Bertz CT molecular complexity index is 1530. The fourth-order valence-corrected chi connectivity index (χ4v) is 9.80. The number of aromatic nitrogens is 2. The second-order valence-electron chi connectivity index (χ2n) is 13.2. The maximum absolute atomic E-state index is 13.7. The van der Waals surface area contributed by atoms with E-state index in [1.165, 1.54) is 29.5 Å². The van der Waals surface area contributed by atoms with Crippen LogP contribution in [0.1, 0.15) is 64.1 Å². The summed E-state index contributed by atoms with van der Waals surface area (Å²) in [6.45, 7) is 6.22. The summed E-state index contributed by atoms with van der Waals surface area (Å²) in [5, 5.41) is 29.1. The summed E-state index contributed by atoms with van der Waals surface area (Å²) < 4.78 is 15.4. The number of ketones is 1. The lowest BCUT2D eigenvalue weighted by atomic mass is 9.45. The number of halogens is 1. The predicted octanol–water partition coefficient (Wildman–Crippen LogP) is 5.83. The molecule has 7 atom stereocenters. The second-order valence-corrected chi connectivity index (χ2v) is 14.1. The predicted molar refractivity (Wildman–Crippen MR) is 170 cm³/mol. The Kier molecular flexibility index (Phi) is 7.88. The number of benzene rings is 1. The SMILES string of the molecule is C/C=C/C=NC(=NC)SCC(=O)[C@@]1(O)CCC2C3CCC4=Cc5c(cnn5-c5ccc(F)cc5)CC4(C)C3[C@@H](O)CC21C. The minimum absolute atomic E-state index is 0.0273. The van der Waals surface area contributed by atoms with Crippen LogP contribution in [0.15, 0.2) is 58.2 Å². The van der Waals surface area contributed by atoms with Crippen LogP contribution < -0.4 is 0 Å². The number of carbonyl (C=O) groups is 1. The molecule has 0 bridgehead atoms. The molecule has 9 heteroatoms. The number of rotatable bonds is 5. The third-order valence-electron chi connectivity index (χ3n) is 11.1. The second kappa shape index (κ2) is 11.2. The molecule has 4 aliphatic rings. The van der Waals surface area contributed by atoms with Crippen molar-refractivity contribution in [3.05, 3.63) is 65.3 Å². The minimum Gasteiger partial charge on any atom is -0.393 e. The Morgan fingerprint density at radius 3 is 2.74 bits per heavy atom. The van der Waals surface area contributed by atoms with E-state index in [0.717, 1.165) is 42.6 Å². The average molecular weight is 605 g/mol. The van der Waals surface area contributed by atoms with Crippen LogP contribution in [0.25, 0.3) is 11.8 Å². The van der Waals surface area contributed by atoms with E-state index in [1.54, 1.807) is 31.5 Å². The highest BCUT2D eigenvalue weighted by Gasteiger charge is 2.68. The Labute approximate surface area is 257 Å². The van der Waals surface area contributed by atoms with Crippen LogP contribution in [-0.2, 0) is 11.2 Å². The molecular formula is C34H41FN4O3S. The molecule has 6 rings (SSSR count). The van der Waals surface area contributed by atoms with Crippen LogP contribution in [-0.4, -0.2) is 61.7 Å². The van der Waals surface area contributed by atoms with Crippen molar-refractivity contribution in [3.8, 4) is 5.69 Å². The molecular weight excluding hydrogens is 563 g/mol. The van der Waals surface area contributed by atoms with E-state index >= 15 is 0 Å². The fourth-order valence-electron chi connectivity index (χ4n) is 9.04. The third-order valence-corrected chi connectivity index (χ3v) is 12.0. The van der Waals surface area contributed by atoms with Gasteiger partial charge in [0, 0.05) is 18.7 Å². The van der Waals surface area contributed by atoms with Crippen LogP contribution >= 0.6 is 11.8 Å². The minimum atomic E-state index is -1.49. The van der Waals surface area contributed by atoms with Gasteiger partial charge in [-0.3, -0.25) is 9.79 Å². The van der Waals surface area contributed by atoms with Gasteiger partial charge in [-0.05, 0) is 111 Å². The molecule has 3 fully saturated rings. The van der Waals surface area contributed by atoms with Crippen LogP contribution in [0.2, 0.25) is 0 Å². The fraction of sp³-hybridized carbons (Fsp3) is 0.529. The highest BCUT2D eigenvalue weighted by Crippen LogP contribution is 2.67. The van der Waals surface area contributed by atoms with E-state index in [1.807, 2.05) is 30.8 Å². The lowest BCUT2D eigenvalue weighted by Gasteiger charge is -2.60. The number of aliphatic imine (C=N–C) groups is 2. The van der Waals surface area contributed by atoms with Crippen molar-refractivity contribution in [2.45, 2.75) is 71.0 Å². The highest BCUT2D eigenvalue weighted by atomic mass is 32.2. The van der Waals surface area contributed by atoms with Gasteiger partial charge >= 0.3 is 0 Å². The number of allylic oxidation sites excluding steroid dienone is 3. The number of nitrogens with zero attached hydrogens (tertiary/aromatic N) is 4. The van der Waals surface area contributed by atoms with Crippen LogP contribution in [0.3, 0.4) is 0 Å². The van der Waals surface area contributed by atoms with Crippen molar-refractivity contribution in [3.63, 3.8) is 0 Å². The van der Waals surface area contributed by atoms with Crippen LogP contribution in [0.4, 0.5) is 4.39 Å². The number of Topliss-reactive ketones (excluding diaryl/α,β-unsaturated/α-hetero) is 1. The molecule has 0 amide bonds. The van der Waals surface area contributed by atoms with E-state index in [4.69, 9.17) is 0 Å². The molecule has 3 saturated carbocycles. The first-order valence-electron chi connectivity index (χ1n) is 15.3. The summed E-state index contributed by atoms with van der Waals surface area (Å²) in [4.78, 5) is 22.2. The van der Waals surface area contributed by atoms with Crippen LogP contribution in [0.5, 0.6) is 0 Å². The molecule has 0 radical (unpaired) electrons. The standard InChI is InChI=1S/C34H41FN4O3S/c1-5-6-15-37-31(36-4)43-20-29(41)34(42)14-13-26-25-12-7-22-16-27-21(19-38-39(27)24-10-8-23(35)9-11-24)17-32(22,2)30(25)28(40)18-33(26,34)3/h5-6,8-11,15-16,19,25-26,28,30,40,42H,7,12-14,17-18,20H2,1-4H3/b6-5+,36-31?,37-15?/t25?,26?,28-,30?,32?,33?,34-/m0/s1. The number of thioether (sulfide) groups is 1. The number of hydrogen-bond donors (Lipinski definition) is 2. The van der Waals surface area contributed by atoms with Crippen molar-refractivity contribution in [1.82, 2.24) is 9.78 Å². The first kappa shape index (κ1) is 30.2. The van der Waals surface area contributed by atoms with Crippen LogP contribution in [0, 0.1) is 34.4 Å². The number of aliphatic hydroxyl groups excluding tert-OH is 1. The molecule has 2 aromatic rings. The van der Waals surface area contributed by atoms with Gasteiger partial charge in [0.15, 0.2) is 11.0 Å². The summed E-state index contributed by atoms with van der Waals surface area (Å²) >= 11 is 1.25.